The normalized spacial score (nSPS) is 14.2. The van der Waals surface area contributed by atoms with Crippen LogP contribution in [0, 0.1) is 6.92 Å². The van der Waals surface area contributed by atoms with E-state index in [4.69, 9.17) is 40.0 Å². The van der Waals surface area contributed by atoms with Gasteiger partial charge in [0.05, 0.1) is 24.4 Å². The molecule has 0 amide bonds. The number of hydrogen-bond donors (Lipinski definition) is 0. The topological polar surface area (TPSA) is 89.5 Å². The van der Waals surface area contributed by atoms with E-state index in [0.717, 1.165) is 113 Å². The number of methoxy groups -OCH3 is 4. The van der Waals surface area contributed by atoms with E-state index in [9.17, 15) is 8.42 Å². The fraction of sp³-hybridized carbons (Fsp3) is 0.536. The third-order valence-corrected chi connectivity index (χ3v) is 16.9. The molecule has 79 heavy (non-hydrogen) atoms. The summed E-state index contributed by atoms with van der Waals surface area (Å²) in [7, 11) is 2.32. The van der Waals surface area contributed by atoms with E-state index in [-0.39, 0.29) is 18.5 Å². The molecule has 0 fully saturated rings. The molecular formula is C69H103ClO8S. The van der Waals surface area contributed by atoms with Gasteiger partial charge >= 0.3 is 0 Å². The Balaban J connectivity index is 1.94. The highest BCUT2D eigenvalue weighted by Crippen LogP contribution is 2.50. The zero-order valence-electron chi connectivity index (χ0n) is 51.9. The predicted octanol–water partition coefficient (Wildman–Crippen LogP) is 20.1. The molecule has 0 N–H and O–H groups in total. The Morgan fingerprint density at radius 1 is 0.456 bits per heavy atom. The van der Waals surface area contributed by atoms with E-state index in [1.165, 1.54) is 72.3 Å². The van der Waals surface area contributed by atoms with E-state index in [0.29, 0.717) is 46.4 Å². The summed E-state index contributed by atoms with van der Waals surface area (Å²) in [5.74, 6) is 1.55. The third-order valence-electron chi connectivity index (χ3n) is 14.4. The van der Waals surface area contributed by atoms with Gasteiger partial charge in [-0.3, -0.25) is 0 Å². The monoisotopic (exact) mass is 1130 g/mol. The van der Waals surface area contributed by atoms with Gasteiger partial charge in [0.25, 0.3) is 0 Å². The van der Waals surface area contributed by atoms with Crippen molar-refractivity contribution in [3.63, 3.8) is 0 Å². The third kappa shape index (κ3) is 28.0. The maximum absolute atomic E-state index is 14.4. The van der Waals surface area contributed by atoms with Crippen molar-refractivity contribution in [3.05, 3.63) is 157 Å². The first kappa shape index (κ1) is 70.3. The molecule has 0 aliphatic rings. The summed E-state index contributed by atoms with van der Waals surface area (Å²) < 4.78 is 62.8. The zero-order chi connectivity index (χ0) is 58.8. The Morgan fingerprint density at radius 2 is 0.785 bits per heavy atom. The number of sulfone groups is 1. The first-order chi connectivity index (χ1) is 37.7. The lowest BCUT2D eigenvalue weighted by atomic mass is 9.99. The van der Waals surface area contributed by atoms with Crippen LogP contribution in [0.5, 0.6) is 23.0 Å². The van der Waals surface area contributed by atoms with Crippen molar-refractivity contribution in [1.29, 1.82) is 0 Å². The number of allylic oxidation sites excluding steroid dienone is 19. The Bertz CT molecular complexity index is 2590. The summed E-state index contributed by atoms with van der Waals surface area (Å²) in [6, 6.07) is 6.38. The van der Waals surface area contributed by atoms with Crippen molar-refractivity contribution < 1.29 is 36.8 Å². The zero-order valence-corrected chi connectivity index (χ0v) is 53.4. The van der Waals surface area contributed by atoms with E-state index < -0.39 is 15.1 Å². The van der Waals surface area contributed by atoms with Gasteiger partial charge in [0, 0.05) is 30.4 Å². The average Bonchev–Trinajstić information content (AvgIpc) is 3.44. The second-order valence-electron chi connectivity index (χ2n) is 21.8. The molecule has 8 nitrogen and oxygen atoms in total. The van der Waals surface area contributed by atoms with Crippen LogP contribution >= 0.6 is 11.6 Å². The summed E-state index contributed by atoms with van der Waals surface area (Å²) in [4.78, 5) is 0.219. The first-order valence-electron chi connectivity index (χ1n) is 28.7. The molecule has 0 spiro atoms. The maximum atomic E-state index is 14.4. The minimum Gasteiger partial charge on any atom is -0.490 e. The molecule has 0 saturated heterocycles. The fourth-order valence-corrected chi connectivity index (χ4v) is 11.2. The van der Waals surface area contributed by atoms with Crippen molar-refractivity contribution in [2.75, 3.05) is 42.0 Å². The van der Waals surface area contributed by atoms with Crippen LogP contribution in [0.1, 0.15) is 196 Å². The Kier molecular flexibility index (Phi) is 35.2. The maximum Gasteiger partial charge on any atom is 0.207 e. The van der Waals surface area contributed by atoms with Crippen LogP contribution in [0.2, 0.25) is 5.02 Å². The average molecular weight is 1130 g/mol. The molecule has 0 aromatic heterocycles. The van der Waals surface area contributed by atoms with E-state index in [1.807, 2.05) is 19.9 Å². The van der Waals surface area contributed by atoms with Gasteiger partial charge in [0.1, 0.15) is 0 Å². The molecule has 1 atom stereocenters. The largest absolute Gasteiger partial charge is 0.490 e. The minimum absolute atomic E-state index is 0.0147. The second-order valence-corrected chi connectivity index (χ2v) is 24.4. The molecule has 0 radical (unpaired) electrons. The van der Waals surface area contributed by atoms with Gasteiger partial charge in [-0.1, -0.05) is 128 Å². The molecule has 0 aliphatic carbocycles. The van der Waals surface area contributed by atoms with Crippen LogP contribution < -0.4 is 18.9 Å². The molecule has 2 rings (SSSR count). The van der Waals surface area contributed by atoms with Gasteiger partial charge in [-0.05, 0) is 223 Å². The predicted molar refractivity (Wildman–Crippen MR) is 337 cm³/mol. The van der Waals surface area contributed by atoms with Gasteiger partial charge in [0.15, 0.2) is 34.9 Å². The lowest BCUT2D eigenvalue weighted by Gasteiger charge is -2.23. The highest BCUT2D eigenvalue weighted by Gasteiger charge is 2.30. The van der Waals surface area contributed by atoms with Crippen LogP contribution in [-0.4, -0.2) is 55.7 Å². The first-order valence-corrected chi connectivity index (χ1v) is 30.7. The van der Waals surface area contributed by atoms with Crippen LogP contribution in [-0.2, 0) is 25.7 Å². The number of benzene rings is 2. The number of rotatable bonds is 39. The smallest absolute Gasteiger partial charge is 0.207 e. The second kappa shape index (κ2) is 39.6. The lowest BCUT2D eigenvalue weighted by Crippen LogP contribution is -2.23. The Labute approximate surface area is 486 Å². The van der Waals surface area contributed by atoms with Gasteiger partial charge in [-0.2, -0.15) is 0 Å². The summed E-state index contributed by atoms with van der Waals surface area (Å²) in [6.45, 7) is 26.0. The molecule has 0 bridgehead atoms. The van der Waals surface area contributed by atoms with Gasteiger partial charge in [0.2, 0.25) is 11.5 Å². The van der Waals surface area contributed by atoms with Crippen molar-refractivity contribution in [2.45, 2.75) is 209 Å². The molecule has 1 unspecified atom stereocenters. The van der Waals surface area contributed by atoms with Crippen molar-refractivity contribution in [1.82, 2.24) is 0 Å². The summed E-state index contributed by atoms with van der Waals surface area (Å²) in [5, 5.41) is -0.355. The van der Waals surface area contributed by atoms with Crippen molar-refractivity contribution >= 4 is 21.4 Å². The number of halogens is 1. The number of ether oxygens (including phenoxy) is 6. The van der Waals surface area contributed by atoms with Crippen LogP contribution in [0.15, 0.2) is 146 Å². The molecule has 0 aliphatic heterocycles. The van der Waals surface area contributed by atoms with Crippen molar-refractivity contribution in [3.8, 4) is 23.0 Å². The summed E-state index contributed by atoms with van der Waals surface area (Å²) in [6.07, 6.45) is 41.2. The van der Waals surface area contributed by atoms with Gasteiger partial charge in [-0.15, -0.1) is 0 Å². The lowest BCUT2D eigenvalue weighted by molar-refractivity contribution is 0.0439. The molecule has 0 heterocycles. The fourth-order valence-electron chi connectivity index (χ4n) is 9.28. The highest BCUT2D eigenvalue weighted by molar-refractivity contribution is 7.92. The highest BCUT2D eigenvalue weighted by atomic mass is 35.5. The minimum atomic E-state index is -3.81. The Hall–Kier alpha value is -4.80. The molecular weight excluding hydrogens is 1020 g/mol. The van der Waals surface area contributed by atoms with Crippen LogP contribution in [0.3, 0.4) is 0 Å². The molecule has 10 heteroatoms. The van der Waals surface area contributed by atoms with E-state index in [2.05, 4.69) is 124 Å². The molecule has 2 aromatic carbocycles. The quantitative estimate of drug-likeness (QED) is 0.0483. The SMILES string of the molecule is COCOc1c(C)c(C/C=C(\C)C(C/C=C(\C)CC/C=C(\C)CC/C=C(\C)CC/C=C(\C)CC/C=C(\C)CC/C=C(\C)CC/C=C(\C)CC/C=C(\C)CCC=C(C)C)S(=O)(=O)c2ccc(Cl)cc2)c(OCOC)c(OC)c1OC. The van der Waals surface area contributed by atoms with Gasteiger partial charge < -0.3 is 28.4 Å². The van der Waals surface area contributed by atoms with Crippen LogP contribution in [0.25, 0.3) is 0 Å². The van der Waals surface area contributed by atoms with Crippen LogP contribution in [0.4, 0.5) is 0 Å². The molecule has 440 valence electrons. The summed E-state index contributed by atoms with van der Waals surface area (Å²) >= 11 is 6.20. The van der Waals surface area contributed by atoms with Crippen molar-refractivity contribution in [2.24, 2.45) is 0 Å². The van der Waals surface area contributed by atoms with E-state index >= 15 is 0 Å². The molecule has 0 saturated carbocycles. The Morgan fingerprint density at radius 3 is 1.13 bits per heavy atom. The summed E-state index contributed by atoms with van der Waals surface area (Å²) in [5.41, 5.74) is 15.0. The molecule has 2 aromatic rings. The van der Waals surface area contributed by atoms with E-state index in [1.54, 1.807) is 31.4 Å². The standard InChI is InChI=1S/C69H103ClO8S/c1-51(2)25-17-26-52(3)27-18-28-53(4)29-19-30-54(5)31-20-32-55(6)33-21-34-56(7)35-22-36-57(8)37-23-38-58(9)39-24-40-59(10)41-48-65(79(71,72)63-45-43-62(70)44-46-63)60(11)42-47-64-61(12)66(77-49-73-13)68(75-15)69(76-16)67(64)78-50-74-14/h25,27,29,31,33,35,37,39,41-46,65H,17-24,26,28,30,32,34,36,38,40,47-50H2,1-16H3/b52-27+,53-29+,54-31+,55-33+,56-35+,57-37+,58-39+,59-41+,60-42+. The van der Waals surface area contributed by atoms with Gasteiger partial charge in [-0.25, -0.2) is 8.42 Å². The number of hydrogen-bond acceptors (Lipinski definition) is 8.